The van der Waals surface area contributed by atoms with Crippen molar-refractivity contribution in [1.29, 1.82) is 0 Å². The Kier molecular flexibility index (Phi) is 5.78. The molecule has 1 aromatic carbocycles. The zero-order chi connectivity index (χ0) is 15.1. The molecule has 0 aliphatic carbocycles. The van der Waals surface area contributed by atoms with Gasteiger partial charge in [-0.05, 0) is 35.7 Å². The molecule has 6 heteroatoms. The summed E-state index contributed by atoms with van der Waals surface area (Å²) in [6, 6.07) is 10.5. The molecule has 1 aromatic heterocycles. The van der Waals surface area contributed by atoms with Crippen molar-refractivity contribution in [2.75, 3.05) is 6.54 Å². The lowest BCUT2D eigenvalue weighted by atomic mass is 10.2. The first-order valence-electron chi connectivity index (χ1n) is 6.48. The monoisotopic (exact) mass is 322 g/mol. The van der Waals surface area contributed by atoms with Gasteiger partial charge in [-0.1, -0.05) is 17.7 Å². The molecule has 1 heterocycles. The molecule has 0 atom stereocenters. The van der Waals surface area contributed by atoms with E-state index >= 15 is 0 Å². The second-order valence-corrected chi connectivity index (χ2v) is 5.84. The van der Waals surface area contributed by atoms with Crippen LogP contribution < -0.4 is 10.6 Å². The number of rotatable bonds is 6. The Hall–Kier alpha value is -1.85. The number of nitrogens with one attached hydrogen (secondary N) is 2. The van der Waals surface area contributed by atoms with Gasteiger partial charge in [-0.3, -0.25) is 9.59 Å². The minimum absolute atomic E-state index is 0.0835. The van der Waals surface area contributed by atoms with E-state index in [1.165, 1.54) is 0 Å². The second kappa shape index (κ2) is 7.81. The van der Waals surface area contributed by atoms with E-state index in [0.717, 1.165) is 4.88 Å². The van der Waals surface area contributed by atoms with E-state index in [9.17, 15) is 9.59 Å². The van der Waals surface area contributed by atoms with Crippen LogP contribution >= 0.6 is 22.9 Å². The number of benzene rings is 1. The average Bonchev–Trinajstić information content (AvgIpc) is 2.99. The van der Waals surface area contributed by atoms with Gasteiger partial charge in [0.05, 0.1) is 6.54 Å². The molecule has 0 fully saturated rings. The summed E-state index contributed by atoms with van der Waals surface area (Å²) in [6.07, 6.45) is 0.255. The van der Waals surface area contributed by atoms with Crippen LogP contribution in [-0.2, 0) is 11.3 Å². The number of amides is 2. The van der Waals surface area contributed by atoms with Crippen LogP contribution in [0.15, 0.2) is 41.8 Å². The third kappa shape index (κ3) is 5.21. The lowest BCUT2D eigenvalue weighted by Crippen LogP contribution is -2.30. The summed E-state index contributed by atoms with van der Waals surface area (Å²) in [4.78, 5) is 24.5. The van der Waals surface area contributed by atoms with E-state index in [4.69, 9.17) is 11.6 Å². The molecule has 0 saturated heterocycles. The van der Waals surface area contributed by atoms with Crippen molar-refractivity contribution in [2.45, 2.75) is 13.0 Å². The van der Waals surface area contributed by atoms with E-state index in [1.54, 1.807) is 35.6 Å². The van der Waals surface area contributed by atoms with E-state index in [-0.39, 0.29) is 18.2 Å². The first-order chi connectivity index (χ1) is 10.1. The highest BCUT2D eigenvalue weighted by Gasteiger charge is 2.06. The lowest BCUT2D eigenvalue weighted by molar-refractivity contribution is -0.121. The quantitative estimate of drug-likeness (QED) is 0.859. The zero-order valence-electron chi connectivity index (χ0n) is 11.3. The van der Waals surface area contributed by atoms with Crippen molar-refractivity contribution in [3.8, 4) is 0 Å². The summed E-state index contributed by atoms with van der Waals surface area (Å²) in [6.45, 7) is 0.833. The molecule has 0 bridgehead atoms. The molecule has 110 valence electrons. The van der Waals surface area contributed by atoms with Crippen molar-refractivity contribution in [3.05, 3.63) is 57.2 Å². The third-order valence-electron chi connectivity index (χ3n) is 2.78. The van der Waals surface area contributed by atoms with Crippen molar-refractivity contribution in [3.63, 3.8) is 0 Å². The molecule has 2 amide bonds. The minimum atomic E-state index is -0.210. The highest BCUT2D eigenvalue weighted by Crippen LogP contribution is 2.09. The van der Waals surface area contributed by atoms with Crippen LogP contribution in [0.5, 0.6) is 0 Å². The van der Waals surface area contributed by atoms with E-state index in [2.05, 4.69) is 10.6 Å². The summed E-state index contributed by atoms with van der Waals surface area (Å²) in [5.41, 5.74) is 0.526. The fourth-order valence-corrected chi connectivity index (χ4v) is 2.45. The fourth-order valence-electron chi connectivity index (χ4n) is 1.68. The van der Waals surface area contributed by atoms with Gasteiger partial charge in [0.2, 0.25) is 5.91 Å². The maximum Gasteiger partial charge on any atom is 0.251 e. The van der Waals surface area contributed by atoms with Gasteiger partial charge in [0, 0.05) is 28.4 Å². The Bertz CT molecular complexity index is 597. The van der Waals surface area contributed by atoms with Crippen LogP contribution in [-0.4, -0.2) is 18.4 Å². The number of hydrogen-bond donors (Lipinski definition) is 2. The summed E-state index contributed by atoms with van der Waals surface area (Å²) in [5.74, 6) is -0.294. The summed E-state index contributed by atoms with van der Waals surface area (Å²) >= 11 is 7.35. The molecular weight excluding hydrogens is 308 g/mol. The van der Waals surface area contributed by atoms with Gasteiger partial charge < -0.3 is 10.6 Å². The molecule has 2 aromatic rings. The Balaban J connectivity index is 1.67. The predicted molar refractivity (Wildman–Crippen MR) is 84.6 cm³/mol. The minimum Gasteiger partial charge on any atom is -0.352 e. The Morgan fingerprint density at radius 3 is 2.52 bits per heavy atom. The van der Waals surface area contributed by atoms with Gasteiger partial charge >= 0.3 is 0 Å². The highest BCUT2D eigenvalue weighted by atomic mass is 35.5. The van der Waals surface area contributed by atoms with Gasteiger partial charge in [-0.25, -0.2) is 0 Å². The summed E-state index contributed by atoms with van der Waals surface area (Å²) in [5, 5.41) is 8.06. The van der Waals surface area contributed by atoms with Crippen LogP contribution in [0.25, 0.3) is 0 Å². The standard InChI is InChI=1S/C15H15ClN2O2S/c16-12-5-3-11(4-6-12)15(20)17-8-7-14(19)18-10-13-2-1-9-21-13/h1-6,9H,7-8,10H2,(H,17,20)(H,18,19). The molecule has 2 rings (SSSR count). The van der Waals surface area contributed by atoms with E-state index in [0.29, 0.717) is 23.7 Å². The first-order valence-corrected chi connectivity index (χ1v) is 7.74. The Morgan fingerprint density at radius 2 is 1.86 bits per heavy atom. The van der Waals surface area contributed by atoms with E-state index in [1.807, 2.05) is 17.5 Å². The highest BCUT2D eigenvalue weighted by molar-refractivity contribution is 7.09. The summed E-state index contributed by atoms with van der Waals surface area (Å²) in [7, 11) is 0. The summed E-state index contributed by atoms with van der Waals surface area (Å²) < 4.78 is 0. The molecule has 0 radical (unpaired) electrons. The largest absolute Gasteiger partial charge is 0.352 e. The smallest absolute Gasteiger partial charge is 0.251 e. The normalized spacial score (nSPS) is 10.1. The predicted octanol–water partition coefficient (Wildman–Crippen LogP) is 2.84. The number of thiophene rings is 1. The van der Waals surface area contributed by atoms with E-state index < -0.39 is 0 Å². The number of halogens is 1. The lowest BCUT2D eigenvalue weighted by Gasteiger charge is -2.06. The van der Waals surface area contributed by atoms with Gasteiger partial charge in [-0.15, -0.1) is 11.3 Å². The van der Waals surface area contributed by atoms with Gasteiger partial charge in [0.25, 0.3) is 5.91 Å². The maximum absolute atomic E-state index is 11.8. The fraction of sp³-hybridized carbons (Fsp3) is 0.200. The Morgan fingerprint density at radius 1 is 1.10 bits per heavy atom. The van der Waals surface area contributed by atoms with Crippen LogP contribution in [0.1, 0.15) is 21.7 Å². The van der Waals surface area contributed by atoms with Crippen LogP contribution in [0.4, 0.5) is 0 Å². The van der Waals surface area contributed by atoms with Crippen LogP contribution in [0, 0.1) is 0 Å². The average molecular weight is 323 g/mol. The van der Waals surface area contributed by atoms with Gasteiger partial charge in [0.1, 0.15) is 0 Å². The number of carbonyl (C=O) groups is 2. The molecule has 2 N–H and O–H groups in total. The van der Waals surface area contributed by atoms with Crippen LogP contribution in [0.2, 0.25) is 5.02 Å². The van der Waals surface area contributed by atoms with Crippen molar-refractivity contribution < 1.29 is 9.59 Å². The zero-order valence-corrected chi connectivity index (χ0v) is 12.8. The SMILES string of the molecule is O=C(CCNC(=O)c1ccc(Cl)cc1)NCc1cccs1. The molecule has 0 unspecified atom stereocenters. The first kappa shape index (κ1) is 15.5. The third-order valence-corrected chi connectivity index (χ3v) is 3.91. The number of carbonyl (C=O) groups excluding carboxylic acids is 2. The van der Waals surface area contributed by atoms with Crippen molar-refractivity contribution >= 4 is 34.8 Å². The second-order valence-electron chi connectivity index (χ2n) is 4.37. The molecule has 0 spiro atoms. The topological polar surface area (TPSA) is 58.2 Å². The molecule has 4 nitrogen and oxygen atoms in total. The molecule has 0 aliphatic heterocycles. The molecular formula is C15H15ClN2O2S. The maximum atomic E-state index is 11.8. The molecule has 21 heavy (non-hydrogen) atoms. The molecule has 0 aliphatic rings. The van der Waals surface area contributed by atoms with Crippen LogP contribution in [0.3, 0.4) is 0 Å². The molecule has 0 saturated carbocycles. The van der Waals surface area contributed by atoms with Crippen molar-refractivity contribution in [1.82, 2.24) is 10.6 Å². The van der Waals surface area contributed by atoms with Crippen molar-refractivity contribution in [2.24, 2.45) is 0 Å². The number of hydrogen-bond acceptors (Lipinski definition) is 3. The van der Waals surface area contributed by atoms with Gasteiger partial charge in [0.15, 0.2) is 0 Å². The van der Waals surface area contributed by atoms with Gasteiger partial charge in [-0.2, -0.15) is 0 Å². The Labute approximate surface area is 132 Å².